The SMILES string of the molecule is CN1CCCCc2c(NCc3cccs3)nc(-c3ncc4c(C(N)=O)cccn34)nc21.NC(=O)c1cccc2c(-c3nc(NCc4ccccc4)c4c(n3)OCCCC4)n[nH]c12. The molecule has 17 heteroatoms. The van der Waals surface area contributed by atoms with Crippen molar-refractivity contribution in [3.05, 3.63) is 123 Å². The second kappa shape index (κ2) is 17.7. The number of benzene rings is 2. The van der Waals surface area contributed by atoms with E-state index in [1.807, 2.05) is 40.9 Å². The number of nitrogens with zero attached hydrogens (tertiary/aromatic N) is 8. The Hall–Kier alpha value is -7.40. The van der Waals surface area contributed by atoms with E-state index in [1.165, 1.54) is 4.88 Å². The number of fused-ring (bicyclic) bond motifs is 4. The Kier molecular flexibility index (Phi) is 11.4. The molecule has 2 aromatic carbocycles. The zero-order valence-electron chi connectivity index (χ0n) is 34.1. The molecule has 0 atom stereocenters. The maximum Gasteiger partial charge on any atom is 0.250 e. The predicted octanol–water partition coefficient (Wildman–Crippen LogP) is 6.78. The molecule has 7 N–H and O–H groups in total. The van der Waals surface area contributed by atoms with Gasteiger partial charge in [0.25, 0.3) is 11.8 Å². The Balaban J connectivity index is 0.000000158. The topological polar surface area (TPSA) is 220 Å². The Morgan fingerprint density at radius 2 is 1.58 bits per heavy atom. The van der Waals surface area contributed by atoms with Crippen molar-refractivity contribution in [2.75, 3.05) is 35.7 Å². The molecule has 0 unspecified atom stereocenters. The van der Waals surface area contributed by atoms with Crippen LogP contribution in [-0.4, -0.2) is 71.5 Å². The monoisotopic (exact) mass is 847 g/mol. The van der Waals surface area contributed by atoms with Gasteiger partial charge in [0.1, 0.15) is 23.1 Å². The third-order valence-corrected chi connectivity index (χ3v) is 11.8. The second-order valence-corrected chi connectivity index (χ2v) is 16.2. The van der Waals surface area contributed by atoms with Crippen LogP contribution in [0.4, 0.5) is 17.5 Å². The van der Waals surface area contributed by atoms with E-state index in [-0.39, 0.29) is 0 Å². The molecule has 8 heterocycles. The van der Waals surface area contributed by atoms with Gasteiger partial charge in [0, 0.05) is 42.2 Å². The molecule has 6 aromatic heterocycles. The zero-order chi connectivity index (χ0) is 42.6. The lowest BCUT2D eigenvalue weighted by Gasteiger charge is -2.21. The van der Waals surface area contributed by atoms with Gasteiger partial charge in [-0.1, -0.05) is 48.5 Å². The molecule has 0 radical (unpaired) electrons. The quantitative estimate of drug-likeness (QED) is 0.0962. The number of para-hydroxylation sites is 1. The van der Waals surface area contributed by atoms with Gasteiger partial charge in [0.2, 0.25) is 5.88 Å². The average molecular weight is 848 g/mol. The molecule has 10 rings (SSSR count). The van der Waals surface area contributed by atoms with Gasteiger partial charge in [-0.2, -0.15) is 10.1 Å². The molecule has 0 spiro atoms. The van der Waals surface area contributed by atoms with Crippen molar-refractivity contribution < 1.29 is 14.3 Å². The summed E-state index contributed by atoms with van der Waals surface area (Å²) < 4.78 is 7.77. The number of nitrogens with one attached hydrogen (secondary N) is 3. The number of pyridine rings is 1. The first kappa shape index (κ1) is 40.0. The van der Waals surface area contributed by atoms with E-state index in [4.69, 9.17) is 31.2 Å². The van der Waals surface area contributed by atoms with Crippen LogP contribution in [0.3, 0.4) is 0 Å². The van der Waals surface area contributed by atoms with E-state index >= 15 is 0 Å². The Morgan fingerprint density at radius 3 is 2.40 bits per heavy atom. The van der Waals surface area contributed by atoms with Gasteiger partial charge in [0.15, 0.2) is 17.5 Å². The molecule has 314 valence electrons. The number of nitrogens with two attached hydrogens (primary N) is 2. The summed E-state index contributed by atoms with van der Waals surface area (Å²) in [5.41, 5.74) is 16.9. The summed E-state index contributed by atoms with van der Waals surface area (Å²) in [5, 5.41) is 17.1. The lowest BCUT2D eigenvalue weighted by Crippen LogP contribution is -2.21. The molecule has 8 aromatic rings. The van der Waals surface area contributed by atoms with Crippen molar-refractivity contribution in [2.24, 2.45) is 11.5 Å². The third kappa shape index (κ3) is 8.21. The van der Waals surface area contributed by atoms with Crippen molar-refractivity contribution in [1.82, 2.24) is 39.5 Å². The van der Waals surface area contributed by atoms with Crippen molar-refractivity contribution in [2.45, 2.75) is 51.6 Å². The Morgan fingerprint density at radius 1 is 0.806 bits per heavy atom. The molecule has 0 aliphatic carbocycles. The first-order valence-corrected chi connectivity index (χ1v) is 21.4. The molecular weight excluding hydrogens is 803 g/mol. The van der Waals surface area contributed by atoms with Crippen LogP contribution in [0.15, 0.2) is 90.6 Å². The van der Waals surface area contributed by atoms with Crippen LogP contribution in [0, 0.1) is 0 Å². The number of H-pyrrole nitrogens is 1. The van der Waals surface area contributed by atoms with Crippen LogP contribution in [-0.2, 0) is 25.9 Å². The molecule has 0 saturated carbocycles. The maximum absolute atomic E-state index is 11.8. The fourth-order valence-electron chi connectivity index (χ4n) is 7.83. The van der Waals surface area contributed by atoms with Gasteiger partial charge in [-0.15, -0.1) is 11.3 Å². The fourth-order valence-corrected chi connectivity index (χ4v) is 8.48. The number of imidazole rings is 1. The van der Waals surface area contributed by atoms with Gasteiger partial charge in [-0.05, 0) is 73.7 Å². The number of primary amides is 2. The smallest absolute Gasteiger partial charge is 0.250 e. The molecule has 16 nitrogen and oxygen atoms in total. The van der Waals surface area contributed by atoms with Crippen molar-refractivity contribution in [1.29, 1.82) is 0 Å². The summed E-state index contributed by atoms with van der Waals surface area (Å²) >= 11 is 1.72. The van der Waals surface area contributed by atoms with Crippen LogP contribution in [0.25, 0.3) is 39.6 Å². The predicted molar refractivity (Wildman–Crippen MR) is 240 cm³/mol. The van der Waals surface area contributed by atoms with Gasteiger partial charge in [-0.25, -0.2) is 19.9 Å². The maximum atomic E-state index is 11.8. The third-order valence-electron chi connectivity index (χ3n) is 11.0. The highest BCUT2D eigenvalue weighted by molar-refractivity contribution is 7.09. The number of ether oxygens (including phenoxy) is 1. The largest absolute Gasteiger partial charge is 0.477 e. The Labute approximate surface area is 360 Å². The summed E-state index contributed by atoms with van der Waals surface area (Å²) in [6, 6.07) is 23.1. The number of amides is 2. The van der Waals surface area contributed by atoms with Crippen LogP contribution < -0.4 is 31.7 Å². The number of aromatic amines is 1. The minimum absolute atomic E-state index is 0.379. The van der Waals surface area contributed by atoms with E-state index in [0.29, 0.717) is 70.9 Å². The number of anilines is 3. The molecule has 2 amide bonds. The number of rotatable bonds is 10. The first-order chi connectivity index (χ1) is 30.3. The highest BCUT2D eigenvalue weighted by atomic mass is 32.1. The van der Waals surface area contributed by atoms with Crippen molar-refractivity contribution >= 4 is 57.0 Å². The van der Waals surface area contributed by atoms with E-state index in [2.05, 4.69) is 66.3 Å². The zero-order valence-corrected chi connectivity index (χ0v) is 34.9. The summed E-state index contributed by atoms with van der Waals surface area (Å²) in [6.45, 7) is 2.91. The van der Waals surface area contributed by atoms with Crippen LogP contribution in [0.2, 0.25) is 0 Å². The fraction of sp³-hybridized carbons (Fsp3) is 0.244. The van der Waals surface area contributed by atoms with Gasteiger partial charge in [-0.3, -0.25) is 19.1 Å². The molecular formula is C45H45N13O3S. The summed E-state index contributed by atoms with van der Waals surface area (Å²) in [7, 11) is 2.07. The summed E-state index contributed by atoms with van der Waals surface area (Å²) in [4.78, 5) is 50.9. The number of hydrogen-bond acceptors (Lipinski definition) is 13. The van der Waals surface area contributed by atoms with Crippen LogP contribution >= 0.6 is 11.3 Å². The molecule has 2 aliphatic heterocycles. The van der Waals surface area contributed by atoms with Gasteiger partial charge in [0.05, 0.1) is 47.1 Å². The molecule has 0 fully saturated rings. The standard InChI is InChI=1S/C23H22N6O2.C22H23N7OS/c24-20(30)16-11-6-10-15-18(16)28-29-19(15)22-26-21(25-13-14-7-2-1-3-8-14)17-9-4-5-12-31-23(17)27-22;1-28-9-3-2-7-16-19(24-12-14-6-5-11-31-14)26-20(27-21(16)28)22-25-13-17-15(18(23)30)8-4-10-29(17)22/h1-3,6-8,10-11H,4-5,9,12-13H2,(H2,24,30)(H,28,29)(H,25,26,27);4-6,8,10-11,13H,2-3,7,9,12H2,1H3,(H2,23,30)(H,24,26,27). The lowest BCUT2D eigenvalue weighted by molar-refractivity contribution is 0.0993. The number of aromatic nitrogens is 8. The minimum atomic E-state index is -0.516. The van der Waals surface area contributed by atoms with E-state index in [9.17, 15) is 9.59 Å². The van der Waals surface area contributed by atoms with E-state index in [0.717, 1.165) is 84.6 Å². The van der Waals surface area contributed by atoms with Crippen molar-refractivity contribution in [3.8, 4) is 29.0 Å². The molecule has 62 heavy (non-hydrogen) atoms. The Bertz CT molecular complexity index is 2890. The second-order valence-electron chi connectivity index (χ2n) is 15.1. The number of thiophene rings is 1. The van der Waals surface area contributed by atoms with Gasteiger partial charge >= 0.3 is 0 Å². The van der Waals surface area contributed by atoms with E-state index in [1.54, 1.807) is 41.8 Å². The lowest BCUT2D eigenvalue weighted by atomic mass is 10.1. The van der Waals surface area contributed by atoms with Crippen molar-refractivity contribution in [3.63, 3.8) is 0 Å². The van der Waals surface area contributed by atoms with Crippen LogP contribution in [0.1, 0.15) is 68.0 Å². The molecule has 2 aliphatic rings. The normalized spacial score (nSPS) is 13.5. The number of carbonyl (C=O) groups excluding carboxylic acids is 2. The highest BCUT2D eigenvalue weighted by Gasteiger charge is 2.24. The first-order valence-electron chi connectivity index (χ1n) is 20.6. The average Bonchev–Trinajstić information content (AvgIpc) is 4.01. The number of carbonyl (C=O) groups is 2. The van der Waals surface area contributed by atoms with Crippen LogP contribution in [0.5, 0.6) is 5.88 Å². The summed E-state index contributed by atoms with van der Waals surface area (Å²) in [5.74, 6) is 3.62. The number of hydrogen-bond donors (Lipinski definition) is 5. The minimum Gasteiger partial charge on any atom is -0.477 e. The van der Waals surface area contributed by atoms with E-state index < -0.39 is 11.8 Å². The highest BCUT2D eigenvalue weighted by Crippen LogP contribution is 2.35. The molecule has 0 bridgehead atoms. The molecule has 0 saturated heterocycles. The van der Waals surface area contributed by atoms with Gasteiger partial charge < -0.3 is 31.7 Å². The summed E-state index contributed by atoms with van der Waals surface area (Å²) in [6.07, 6.45) is 9.47.